The Labute approximate surface area is 90.6 Å². The van der Waals surface area contributed by atoms with Crippen molar-refractivity contribution in [3.05, 3.63) is 0 Å². The van der Waals surface area contributed by atoms with Gasteiger partial charge < -0.3 is 10.1 Å². The number of hydrogen-bond acceptors (Lipinski definition) is 3. The predicted molar refractivity (Wildman–Crippen MR) is 55.9 cm³/mol. The third kappa shape index (κ3) is 2.93. The van der Waals surface area contributed by atoms with Crippen LogP contribution in [0, 0.1) is 22.7 Å². The summed E-state index contributed by atoms with van der Waals surface area (Å²) in [5.41, 5.74) is -0.889. The van der Waals surface area contributed by atoms with E-state index in [0.29, 0.717) is 18.9 Å². The molecular weight excluding hydrogens is 192 g/mol. The molecule has 84 valence electrons. The molecule has 1 rings (SSSR count). The number of hydrogen-bond donors (Lipinski definition) is 1. The fraction of sp³-hybridized carbons (Fsp3) is 0.818. The number of rotatable bonds is 4. The van der Waals surface area contributed by atoms with Gasteiger partial charge in [0, 0.05) is 19.1 Å². The highest BCUT2D eigenvalue weighted by molar-refractivity contribution is 5.84. The number of amides is 1. The van der Waals surface area contributed by atoms with E-state index < -0.39 is 5.41 Å². The molecule has 4 nitrogen and oxygen atoms in total. The minimum absolute atomic E-state index is 0.167. The molecule has 2 atom stereocenters. The zero-order chi connectivity index (χ0) is 11.3. The number of nitrogens with one attached hydrogen (secondary N) is 1. The number of carbonyl (C=O) groups excluding carboxylic acids is 1. The van der Waals surface area contributed by atoms with Gasteiger partial charge in [-0.05, 0) is 19.8 Å². The van der Waals surface area contributed by atoms with Crippen LogP contribution >= 0.6 is 0 Å². The van der Waals surface area contributed by atoms with Crippen LogP contribution in [0.3, 0.4) is 0 Å². The average molecular weight is 210 g/mol. The lowest BCUT2D eigenvalue weighted by Crippen LogP contribution is -2.40. The van der Waals surface area contributed by atoms with Crippen molar-refractivity contribution in [3.63, 3.8) is 0 Å². The molecule has 1 amide bonds. The zero-order valence-electron chi connectivity index (χ0n) is 9.38. The molecule has 0 saturated carbocycles. The summed E-state index contributed by atoms with van der Waals surface area (Å²) < 4.78 is 5.21. The van der Waals surface area contributed by atoms with Gasteiger partial charge in [0.2, 0.25) is 5.91 Å². The van der Waals surface area contributed by atoms with Gasteiger partial charge in [-0.2, -0.15) is 5.26 Å². The van der Waals surface area contributed by atoms with Crippen LogP contribution in [0.4, 0.5) is 0 Å². The Kier molecular flexibility index (Phi) is 4.10. The van der Waals surface area contributed by atoms with Gasteiger partial charge in [0.05, 0.1) is 12.7 Å². The van der Waals surface area contributed by atoms with Gasteiger partial charge in [0.1, 0.15) is 5.41 Å². The van der Waals surface area contributed by atoms with Gasteiger partial charge in [0.15, 0.2) is 0 Å². The summed E-state index contributed by atoms with van der Waals surface area (Å²) in [4.78, 5) is 11.7. The molecule has 0 aromatic carbocycles. The smallest absolute Gasteiger partial charge is 0.240 e. The molecule has 1 heterocycles. The molecule has 15 heavy (non-hydrogen) atoms. The van der Waals surface area contributed by atoms with Crippen molar-refractivity contribution in [2.45, 2.75) is 26.7 Å². The minimum atomic E-state index is -0.889. The SMILES string of the molecule is CCC(C)(C#N)C(=O)NCC1CCOC1. The molecule has 2 unspecified atom stereocenters. The molecule has 0 aromatic rings. The molecule has 4 heteroatoms. The van der Waals surface area contributed by atoms with Gasteiger partial charge in [0.25, 0.3) is 0 Å². The first kappa shape index (κ1) is 12.0. The summed E-state index contributed by atoms with van der Waals surface area (Å²) >= 11 is 0. The van der Waals surface area contributed by atoms with Gasteiger partial charge >= 0.3 is 0 Å². The van der Waals surface area contributed by atoms with Crippen LogP contribution in [0.1, 0.15) is 26.7 Å². The Morgan fingerprint density at radius 3 is 2.93 bits per heavy atom. The van der Waals surface area contributed by atoms with Gasteiger partial charge in [-0.25, -0.2) is 0 Å². The largest absolute Gasteiger partial charge is 0.381 e. The lowest BCUT2D eigenvalue weighted by Gasteiger charge is -2.19. The van der Waals surface area contributed by atoms with Crippen molar-refractivity contribution >= 4 is 5.91 Å². The van der Waals surface area contributed by atoms with E-state index in [1.54, 1.807) is 6.92 Å². The first-order valence-corrected chi connectivity index (χ1v) is 5.39. The third-order valence-corrected chi connectivity index (χ3v) is 3.03. The van der Waals surface area contributed by atoms with Crippen LogP contribution in [0.5, 0.6) is 0 Å². The van der Waals surface area contributed by atoms with E-state index in [9.17, 15) is 4.79 Å². The molecule has 0 spiro atoms. The molecule has 0 bridgehead atoms. The maximum atomic E-state index is 11.7. The number of carbonyl (C=O) groups is 1. The Bertz CT molecular complexity index is 266. The monoisotopic (exact) mass is 210 g/mol. The lowest BCUT2D eigenvalue weighted by molar-refractivity contribution is -0.127. The Balaban J connectivity index is 2.38. The molecule has 1 aliphatic rings. The first-order valence-electron chi connectivity index (χ1n) is 5.39. The highest BCUT2D eigenvalue weighted by Crippen LogP contribution is 2.20. The normalized spacial score (nSPS) is 24.2. The molecule has 1 fully saturated rings. The maximum Gasteiger partial charge on any atom is 0.240 e. The Morgan fingerprint density at radius 1 is 1.73 bits per heavy atom. The van der Waals surface area contributed by atoms with E-state index in [1.165, 1.54) is 0 Å². The average Bonchev–Trinajstić information content (AvgIpc) is 2.77. The molecule has 1 aliphatic heterocycles. The highest BCUT2D eigenvalue weighted by Gasteiger charge is 2.31. The van der Waals surface area contributed by atoms with Crippen LogP contribution in [0.15, 0.2) is 0 Å². The molecule has 0 aliphatic carbocycles. The van der Waals surface area contributed by atoms with E-state index in [-0.39, 0.29) is 5.91 Å². The summed E-state index contributed by atoms with van der Waals surface area (Å²) in [6.45, 7) is 5.64. The van der Waals surface area contributed by atoms with Crippen molar-refractivity contribution in [1.82, 2.24) is 5.32 Å². The minimum Gasteiger partial charge on any atom is -0.381 e. The second kappa shape index (κ2) is 5.13. The van der Waals surface area contributed by atoms with Crippen molar-refractivity contribution in [2.24, 2.45) is 11.3 Å². The van der Waals surface area contributed by atoms with E-state index in [4.69, 9.17) is 10.00 Å². The Morgan fingerprint density at radius 2 is 2.47 bits per heavy atom. The standard InChI is InChI=1S/C11H18N2O2/c1-3-11(2,8-12)10(14)13-6-9-4-5-15-7-9/h9H,3-7H2,1-2H3,(H,13,14). The van der Waals surface area contributed by atoms with E-state index >= 15 is 0 Å². The van der Waals surface area contributed by atoms with Crippen molar-refractivity contribution in [2.75, 3.05) is 19.8 Å². The quantitative estimate of drug-likeness (QED) is 0.755. The van der Waals surface area contributed by atoms with Crippen molar-refractivity contribution in [1.29, 1.82) is 5.26 Å². The Hall–Kier alpha value is -1.08. The maximum absolute atomic E-state index is 11.7. The fourth-order valence-electron chi connectivity index (χ4n) is 1.47. The van der Waals surface area contributed by atoms with Crippen LogP contribution in [-0.2, 0) is 9.53 Å². The summed E-state index contributed by atoms with van der Waals surface area (Å²) in [6.07, 6.45) is 1.53. The topological polar surface area (TPSA) is 62.1 Å². The number of ether oxygens (including phenoxy) is 1. The highest BCUT2D eigenvalue weighted by atomic mass is 16.5. The molecule has 0 radical (unpaired) electrons. The lowest BCUT2D eigenvalue weighted by atomic mass is 9.88. The fourth-order valence-corrected chi connectivity index (χ4v) is 1.47. The van der Waals surface area contributed by atoms with Crippen LogP contribution in [-0.4, -0.2) is 25.7 Å². The first-order chi connectivity index (χ1) is 7.12. The molecule has 1 saturated heterocycles. The van der Waals surface area contributed by atoms with Crippen molar-refractivity contribution < 1.29 is 9.53 Å². The van der Waals surface area contributed by atoms with E-state index in [0.717, 1.165) is 19.6 Å². The zero-order valence-corrected chi connectivity index (χ0v) is 9.38. The second-order valence-corrected chi connectivity index (χ2v) is 4.24. The van der Waals surface area contributed by atoms with E-state index in [2.05, 4.69) is 11.4 Å². The second-order valence-electron chi connectivity index (χ2n) is 4.24. The van der Waals surface area contributed by atoms with Crippen LogP contribution < -0.4 is 5.32 Å². The molecule has 0 aromatic heterocycles. The molecule has 1 N–H and O–H groups in total. The van der Waals surface area contributed by atoms with Gasteiger partial charge in [-0.3, -0.25) is 4.79 Å². The van der Waals surface area contributed by atoms with E-state index in [1.807, 2.05) is 6.92 Å². The van der Waals surface area contributed by atoms with Gasteiger partial charge in [-0.1, -0.05) is 6.92 Å². The van der Waals surface area contributed by atoms with Gasteiger partial charge in [-0.15, -0.1) is 0 Å². The number of nitriles is 1. The summed E-state index contributed by atoms with van der Waals surface area (Å²) in [5.74, 6) is 0.244. The summed E-state index contributed by atoms with van der Waals surface area (Å²) in [5, 5.41) is 11.7. The number of nitrogens with zero attached hydrogens (tertiary/aromatic N) is 1. The summed E-state index contributed by atoms with van der Waals surface area (Å²) in [7, 11) is 0. The molecular formula is C11H18N2O2. The van der Waals surface area contributed by atoms with Crippen molar-refractivity contribution in [3.8, 4) is 6.07 Å². The van der Waals surface area contributed by atoms with Crippen LogP contribution in [0.2, 0.25) is 0 Å². The summed E-state index contributed by atoms with van der Waals surface area (Å²) in [6, 6.07) is 2.06. The van der Waals surface area contributed by atoms with Crippen LogP contribution in [0.25, 0.3) is 0 Å². The third-order valence-electron chi connectivity index (χ3n) is 3.03. The predicted octanol–water partition coefficient (Wildman–Crippen LogP) is 1.08.